The molecule has 122 valence electrons. The average Bonchev–Trinajstić information content (AvgIpc) is 2.36. The first-order valence-corrected chi connectivity index (χ1v) is 9.20. The van der Waals surface area contributed by atoms with Crippen molar-refractivity contribution in [2.45, 2.75) is 25.4 Å². The second kappa shape index (κ2) is 6.20. The van der Waals surface area contributed by atoms with Crippen LogP contribution in [0.5, 0.6) is 0 Å². The Kier molecular flexibility index (Phi) is 4.92. The lowest BCUT2D eigenvalue weighted by Gasteiger charge is -2.38. The molecule has 8 heteroatoms. The standard InChI is InChI=1S/C13H25N3O4S/c1-13(18)4-3-5-14(11-13)10-12(17)15-6-8-16(9-7-15)21(2,19)20/h18H,3-11H2,1-2H3. The van der Waals surface area contributed by atoms with E-state index in [0.717, 1.165) is 19.4 Å². The Morgan fingerprint density at radius 2 is 1.81 bits per heavy atom. The zero-order valence-electron chi connectivity index (χ0n) is 12.8. The van der Waals surface area contributed by atoms with Gasteiger partial charge in [0.1, 0.15) is 0 Å². The van der Waals surface area contributed by atoms with Crippen molar-refractivity contribution in [3.05, 3.63) is 0 Å². The summed E-state index contributed by atoms with van der Waals surface area (Å²) < 4.78 is 24.3. The lowest BCUT2D eigenvalue weighted by molar-refractivity contribution is -0.135. The Morgan fingerprint density at radius 1 is 1.19 bits per heavy atom. The van der Waals surface area contributed by atoms with Crippen LogP contribution in [0.1, 0.15) is 19.8 Å². The molecule has 0 saturated carbocycles. The average molecular weight is 319 g/mol. The summed E-state index contributed by atoms with van der Waals surface area (Å²) in [7, 11) is -3.17. The van der Waals surface area contributed by atoms with E-state index in [9.17, 15) is 18.3 Å². The molecule has 0 aromatic carbocycles. The van der Waals surface area contributed by atoms with Crippen LogP contribution in [0.25, 0.3) is 0 Å². The first-order chi connectivity index (χ1) is 9.67. The summed E-state index contributed by atoms with van der Waals surface area (Å²) in [6.45, 7) is 5.05. The molecule has 1 atom stereocenters. The molecule has 2 rings (SSSR count). The number of hydrogen-bond donors (Lipinski definition) is 1. The van der Waals surface area contributed by atoms with Crippen molar-refractivity contribution < 1.29 is 18.3 Å². The molecule has 2 fully saturated rings. The van der Waals surface area contributed by atoms with Gasteiger partial charge in [-0.2, -0.15) is 4.31 Å². The van der Waals surface area contributed by atoms with Crippen LogP contribution in [0, 0.1) is 0 Å². The highest BCUT2D eigenvalue weighted by molar-refractivity contribution is 7.88. The summed E-state index contributed by atoms with van der Waals surface area (Å²) in [5, 5.41) is 10.1. The lowest BCUT2D eigenvalue weighted by atomic mass is 9.95. The van der Waals surface area contributed by atoms with E-state index in [1.165, 1.54) is 10.6 Å². The van der Waals surface area contributed by atoms with Crippen LogP contribution in [-0.4, -0.2) is 91.2 Å². The fourth-order valence-corrected chi connectivity index (χ4v) is 3.85. The first kappa shape index (κ1) is 16.7. The number of aliphatic hydroxyl groups is 1. The number of carbonyl (C=O) groups is 1. The Bertz CT molecular complexity index is 484. The third-order valence-corrected chi connectivity index (χ3v) is 5.48. The van der Waals surface area contributed by atoms with Gasteiger partial charge in [-0.05, 0) is 26.3 Å². The van der Waals surface area contributed by atoms with Crippen molar-refractivity contribution >= 4 is 15.9 Å². The van der Waals surface area contributed by atoms with E-state index in [2.05, 4.69) is 0 Å². The number of nitrogens with zero attached hydrogens (tertiary/aromatic N) is 3. The maximum absolute atomic E-state index is 12.3. The van der Waals surface area contributed by atoms with Crippen molar-refractivity contribution in [1.29, 1.82) is 0 Å². The van der Waals surface area contributed by atoms with Crippen molar-refractivity contribution in [2.24, 2.45) is 0 Å². The molecular formula is C13H25N3O4S. The van der Waals surface area contributed by atoms with Gasteiger partial charge in [0.15, 0.2) is 0 Å². The van der Waals surface area contributed by atoms with Gasteiger partial charge in [-0.1, -0.05) is 0 Å². The molecule has 2 heterocycles. The van der Waals surface area contributed by atoms with Gasteiger partial charge in [0.05, 0.1) is 18.4 Å². The quantitative estimate of drug-likeness (QED) is 0.717. The van der Waals surface area contributed by atoms with E-state index in [1.54, 1.807) is 11.8 Å². The molecule has 2 aliphatic rings. The molecular weight excluding hydrogens is 294 g/mol. The highest BCUT2D eigenvalue weighted by atomic mass is 32.2. The molecule has 2 saturated heterocycles. The first-order valence-electron chi connectivity index (χ1n) is 7.35. The largest absolute Gasteiger partial charge is 0.389 e. The molecule has 0 aromatic rings. The van der Waals surface area contributed by atoms with Gasteiger partial charge in [-0.25, -0.2) is 8.42 Å². The maximum Gasteiger partial charge on any atom is 0.236 e. The third kappa shape index (κ3) is 4.64. The smallest absolute Gasteiger partial charge is 0.236 e. The van der Waals surface area contributed by atoms with Crippen LogP contribution in [-0.2, 0) is 14.8 Å². The second-order valence-corrected chi connectivity index (χ2v) is 8.34. The predicted octanol–water partition coefficient (Wildman–Crippen LogP) is -1.06. The van der Waals surface area contributed by atoms with Gasteiger partial charge in [0.2, 0.25) is 15.9 Å². The predicted molar refractivity (Wildman–Crippen MR) is 79.3 cm³/mol. The number of rotatable bonds is 3. The molecule has 0 aromatic heterocycles. The highest BCUT2D eigenvalue weighted by Gasteiger charge is 2.31. The summed E-state index contributed by atoms with van der Waals surface area (Å²) in [5.74, 6) is 0.0147. The van der Waals surface area contributed by atoms with Gasteiger partial charge in [0.25, 0.3) is 0 Å². The van der Waals surface area contributed by atoms with Crippen molar-refractivity contribution in [3.63, 3.8) is 0 Å². The van der Waals surface area contributed by atoms with Gasteiger partial charge in [0, 0.05) is 32.7 Å². The summed E-state index contributed by atoms with van der Waals surface area (Å²) >= 11 is 0. The number of amides is 1. The third-order valence-electron chi connectivity index (χ3n) is 4.17. The number of piperazine rings is 1. The molecule has 7 nitrogen and oxygen atoms in total. The zero-order chi connectivity index (χ0) is 15.7. The summed E-state index contributed by atoms with van der Waals surface area (Å²) in [4.78, 5) is 16.0. The van der Waals surface area contributed by atoms with E-state index in [4.69, 9.17) is 0 Å². The minimum absolute atomic E-state index is 0.0147. The number of piperidine rings is 1. The molecule has 0 bridgehead atoms. The van der Waals surface area contributed by atoms with E-state index < -0.39 is 15.6 Å². The van der Waals surface area contributed by atoms with E-state index in [-0.39, 0.29) is 5.91 Å². The van der Waals surface area contributed by atoms with Crippen molar-refractivity contribution in [2.75, 3.05) is 52.1 Å². The fraction of sp³-hybridized carbons (Fsp3) is 0.923. The van der Waals surface area contributed by atoms with Gasteiger partial charge >= 0.3 is 0 Å². The molecule has 0 spiro atoms. The summed E-state index contributed by atoms with van der Waals surface area (Å²) in [5.41, 5.74) is -0.715. The minimum Gasteiger partial charge on any atom is -0.389 e. The molecule has 1 unspecified atom stereocenters. The topological polar surface area (TPSA) is 81.2 Å². The molecule has 0 aliphatic carbocycles. The van der Waals surface area contributed by atoms with E-state index in [1.807, 2.05) is 4.90 Å². The highest BCUT2D eigenvalue weighted by Crippen LogP contribution is 2.20. The fourth-order valence-electron chi connectivity index (χ4n) is 3.02. The molecule has 1 amide bonds. The Labute approximate surface area is 126 Å². The van der Waals surface area contributed by atoms with E-state index in [0.29, 0.717) is 39.3 Å². The number of carbonyl (C=O) groups excluding carboxylic acids is 1. The van der Waals surface area contributed by atoms with Gasteiger partial charge in [-0.3, -0.25) is 9.69 Å². The van der Waals surface area contributed by atoms with Crippen LogP contribution in [0.15, 0.2) is 0 Å². The molecule has 0 radical (unpaired) electrons. The Morgan fingerprint density at radius 3 is 2.33 bits per heavy atom. The summed E-state index contributed by atoms with van der Waals surface area (Å²) in [6, 6.07) is 0. The van der Waals surface area contributed by atoms with Crippen LogP contribution >= 0.6 is 0 Å². The monoisotopic (exact) mass is 319 g/mol. The SMILES string of the molecule is CC1(O)CCCN(CC(=O)N2CCN(S(C)(=O)=O)CC2)C1. The van der Waals surface area contributed by atoms with Gasteiger partial charge in [-0.15, -0.1) is 0 Å². The number of hydrogen-bond acceptors (Lipinski definition) is 5. The number of sulfonamides is 1. The summed E-state index contributed by atoms with van der Waals surface area (Å²) in [6.07, 6.45) is 2.85. The van der Waals surface area contributed by atoms with Crippen molar-refractivity contribution in [1.82, 2.24) is 14.1 Å². The normalized spacial score (nSPS) is 29.6. The minimum atomic E-state index is -3.17. The van der Waals surface area contributed by atoms with Crippen LogP contribution in [0.3, 0.4) is 0 Å². The molecule has 21 heavy (non-hydrogen) atoms. The van der Waals surface area contributed by atoms with Crippen LogP contribution < -0.4 is 0 Å². The Hall–Kier alpha value is -0.700. The van der Waals surface area contributed by atoms with Crippen LogP contribution in [0.2, 0.25) is 0 Å². The maximum atomic E-state index is 12.3. The second-order valence-electron chi connectivity index (χ2n) is 6.35. The molecule has 1 N–H and O–H groups in total. The zero-order valence-corrected chi connectivity index (χ0v) is 13.6. The van der Waals surface area contributed by atoms with Crippen LogP contribution in [0.4, 0.5) is 0 Å². The van der Waals surface area contributed by atoms with Crippen molar-refractivity contribution in [3.8, 4) is 0 Å². The number of likely N-dealkylation sites (tertiary alicyclic amines) is 1. The molecule has 2 aliphatic heterocycles. The van der Waals surface area contributed by atoms with Gasteiger partial charge < -0.3 is 10.0 Å². The Balaban J connectivity index is 1.82. The van der Waals surface area contributed by atoms with E-state index >= 15 is 0 Å². The number of β-amino-alcohol motifs (C(OH)–C–C–N with tert-alkyl or cyclic N) is 1. The lowest BCUT2D eigenvalue weighted by Crippen LogP contribution is -2.54.